The molecule has 2 aromatic carbocycles. The van der Waals surface area contributed by atoms with Crippen LogP contribution in [0.4, 0.5) is 5.69 Å². The summed E-state index contributed by atoms with van der Waals surface area (Å²) in [7, 11) is 1.45. The van der Waals surface area contributed by atoms with Crippen molar-refractivity contribution >= 4 is 29.1 Å². The van der Waals surface area contributed by atoms with E-state index in [1.807, 2.05) is 6.92 Å². The molecule has 0 saturated carbocycles. The quantitative estimate of drug-likeness (QED) is 0.537. The minimum atomic E-state index is -0.719. The number of ether oxygens (including phenoxy) is 2. The van der Waals surface area contributed by atoms with Crippen LogP contribution in [0.5, 0.6) is 11.5 Å². The van der Waals surface area contributed by atoms with Crippen LogP contribution in [0.25, 0.3) is 0 Å². The molecule has 0 aromatic heterocycles. The van der Waals surface area contributed by atoms with Gasteiger partial charge >= 0.3 is 0 Å². The van der Waals surface area contributed by atoms with Crippen LogP contribution in [0, 0.1) is 10.1 Å². The maximum Gasteiger partial charge on any atom is 0.271 e. The zero-order chi connectivity index (χ0) is 20.7. The highest BCUT2D eigenvalue weighted by Gasteiger charge is 2.16. The summed E-state index contributed by atoms with van der Waals surface area (Å²) in [6, 6.07) is 7.99. The van der Waals surface area contributed by atoms with Crippen LogP contribution in [-0.4, -0.2) is 30.5 Å². The highest BCUT2D eigenvalue weighted by atomic mass is 35.5. The van der Waals surface area contributed by atoms with E-state index in [-0.39, 0.29) is 21.8 Å². The molecule has 2 N–H and O–H groups in total. The first-order chi connectivity index (χ1) is 13.4. The molecule has 9 nitrogen and oxygen atoms in total. The Balaban J connectivity index is 2.05. The van der Waals surface area contributed by atoms with E-state index in [9.17, 15) is 19.7 Å². The maximum absolute atomic E-state index is 12.3. The minimum absolute atomic E-state index is 0.0199. The van der Waals surface area contributed by atoms with Gasteiger partial charge in [0, 0.05) is 17.7 Å². The largest absolute Gasteiger partial charge is 0.493 e. The molecule has 0 saturated heterocycles. The van der Waals surface area contributed by atoms with Gasteiger partial charge in [-0.3, -0.25) is 30.6 Å². The third kappa shape index (κ3) is 5.10. The molecule has 0 fully saturated rings. The van der Waals surface area contributed by atoms with Gasteiger partial charge in [0.15, 0.2) is 11.5 Å². The number of hydrogen-bond acceptors (Lipinski definition) is 6. The van der Waals surface area contributed by atoms with E-state index in [4.69, 9.17) is 21.1 Å². The Morgan fingerprint density at radius 2 is 1.82 bits per heavy atom. The third-order valence-corrected chi connectivity index (χ3v) is 3.90. The van der Waals surface area contributed by atoms with Crippen molar-refractivity contribution in [3.05, 3.63) is 62.7 Å². The number of hydrazine groups is 1. The number of amides is 2. The fraction of sp³-hybridized carbons (Fsp3) is 0.222. The fourth-order valence-corrected chi connectivity index (χ4v) is 2.46. The molecule has 0 unspecified atom stereocenters. The molecule has 2 amide bonds. The number of nitro groups is 1. The first-order valence-corrected chi connectivity index (χ1v) is 8.60. The van der Waals surface area contributed by atoms with Crippen molar-refractivity contribution in [3.8, 4) is 11.5 Å². The van der Waals surface area contributed by atoms with Crippen LogP contribution in [0.15, 0.2) is 36.4 Å². The summed E-state index contributed by atoms with van der Waals surface area (Å²) in [4.78, 5) is 34.5. The van der Waals surface area contributed by atoms with Crippen LogP contribution < -0.4 is 20.3 Å². The van der Waals surface area contributed by atoms with Gasteiger partial charge in [-0.05, 0) is 30.7 Å². The molecule has 0 aliphatic carbocycles. The lowest BCUT2D eigenvalue weighted by Crippen LogP contribution is -2.41. The second-order valence-electron chi connectivity index (χ2n) is 5.54. The van der Waals surface area contributed by atoms with E-state index in [1.54, 1.807) is 6.07 Å². The zero-order valence-electron chi connectivity index (χ0n) is 15.2. The molecule has 0 atom stereocenters. The van der Waals surface area contributed by atoms with E-state index < -0.39 is 16.7 Å². The lowest BCUT2D eigenvalue weighted by atomic mass is 10.2. The Bertz CT molecular complexity index is 903. The van der Waals surface area contributed by atoms with Gasteiger partial charge in [-0.2, -0.15) is 0 Å². The maximum atomic E-state index is 12.3. The lowest BCUT2D eigenvalue weighted by molar-refractivity contribution is -0.384. The van der Waals surface area contributed by atoms with Gasteiger partial charge in [0.1, 0.15) is 0 Å². The van der Waals surface area contributed by atoms with Crippen LogP contribution in [-0.2, 0) is 0 Å². The summed E-state index contributed by atoms with van der Waals surface area (Å²) in [6.45, 7) is 2.47. The number of rotatable bonds is 7. The van der Waals surface area contributed by atoms with E-state index in [1.165, 1.54) is 25.3 Å². The average molecular weight is 408 g/mol. The molecule has 148 valence electrons. The van der Waals surface area contributed by atoms with Crippen molar-refractivity contribution in [2.75, 3.05) is 13.7 Å². The molecule has 0 bridgehead atoms. The predicted molar refractivity (Wildman–Crippen MR) is 102 cm³/mol. The van der Waals surface area contributed by atoms with Gasteiger partial charge in [0.25, 0.3) is 17.5 Å². The monoisotopic (exact) mass is 407 g/mol. The van der Waals surface area contributed by atoms with E-state index >= 15 is 0 Å². The van der Waals surface area contributed by atoms with Gasteiger partial charge in [-0.15, -0.1) is 0 Å². The molecular weight excluding hydrogens is 390 g/mol. The SMILES string of the molecule is CCCOc1ccc(C(=O)NNC(=O)c2ccc([N+](=O)[O-])cc2Cl)cc1OC. The van der Waals surface area contributed by atoms with Gasteiger partial charge < -0.3 is 9.47 Å². The molecule has 0 aliphatic rings. The number of hydrogen-bond donors (Lipinski definition) is 2. The summed E-state index contributed by atoms with van der Waals surface area (Å²) in [5, 5.41) is 10.6. The Hall–Kier alpha value is -3.33. The van der Waals surface area contributed by atoms with E-state index in [0.717, 1.165) is 18.6 Å². The number of carbonyl (C=O) groups is 2. The molecule has 0 radical (unpaired) electrons. The number of nitro benzene ring substituents is 1. The molecule has 0 spiro atoms. The Morgan fingerprint density at radius 1 is 1.11 bits per heavy atom. The first kappa shape index (κ1) is 21.0. The molecule has 0 aliphatic heterocycles. The number of halogens is 1. The van der Waals surface area contributed by atoms with Crippen LogP contribution in [0.3, 0.4) is 0 Å². The summed E-state index contributed by atoms with van der Waals surface area (Å²) in [5.41, 5.74) is 4.42. The van der Waals surface area contributed by atoms with Crippen molar-refractivity contribution in [2.24, 2.45) is 0 Å². The number of carbonyl (C=O) groups excluding carboxylic acids is 2. The van der Waals surface area contributed by atoms with Crippen LogP contribution in [0.1, 0.15) is 34.1 Å². The van der Waals surface area contributed by atoms with Crippen molar-refractivity contribution in [2.45, 2.75) is 13.3 Å². The molecule has 0 heterocycles. The van der Waals surface area contributed by atoms with Crippen LogP contribution >= 0.6 is 11.6 Å². The second-order valence-corrected chi connectivity index (χ2v) is 5.95. The Kier molecular flexibility index (Phi) is 7.16. The number of nitrogens with zero attached hydrogens (tertiary/aromatic N) is 1. The van der Waals surface area contributed by atoms with E-state index in [2.05, 4.69) is 10.9 Å². The molecular formula is C18H18ClN3O6. The standard InChI is InChI=1S/C18H18ClN3O6/c1-3-8-28-15-7-4-11(9-16(15)27-2)17(23)20-21-18(24)13-6-5-12(22(25)26)10-14(13)19/h4-7,9-10H,3,8H2,1-2H3,(H,20,23)(H,21,24). The molecule has 2 rings (SSSR count). The predicted octanol–water partition coefficient (Wildman–Crippen LogP) is 3.12. The molecule has 10 heteroatoms. The average Bonchev–Trinajstić information content (AvgIpc) is 2.69. The number of methoxy groups -OCH3 is 1. The Labute approximate surface area is 165 Å². The van der Waals surface area contributed by atoms with Crippen molar-refractivity contribution in [1.29, 1.82) is 0 Å². The number of benzene rings is 2. The lowest BCUT2D eigenvalue weighted by Gasteiger charge is -2.12. The van der Waals surface area contributed by atoms with Crippen molar-refractivity contribution in [3.63, 3.8) is 0 Å². The van der Waals surface area contributed by atoms with E-state index in [0.29, 0.717) is 18.1 Å². The first-order valence-electron chi connectivity index (χ1n) is 8.22. The number of nitrogens with one attached hydrogen (secondary N) is 2. The second kappa shape index (κ2) is 9.56. The smallest absolute Gasteiger partial charge is 0.271 e. The van der Waals surface area contributed by atoms with Gasteiger partial charge in [-0.25, -0.2) is 0 Å². The highest BCUT2D eigenvalue weighted by Crippen LogP contribution is 2.28. The zero-order valence-corrected chi connectivity index (χ0v) is 15.9. The van der Waals surface area contributed by atoms with Gasteiger partial charge in [0.05, 0.1) is 29.2 Å². The van der Waals surface area contributed by atoms with Gasteiger partial charge in [-0.1, -0.05) is 18.5 Å². The summed E-state index contributed by atoms with van der Waals surface area (Å²) in [5.74, 6) is -0.428. The normalized spacial score (nSPS) is 10.1. The minimum Gasteiger partial charge on any atom is -0.493 e. The molecule has 2 aromatic rings. The third-order valence-electron chi connectivity index (χ3n) is 3.59. The highest BCUT2D eigenvalue weighted by molar-refractivity contribution is 6.34. The summed E-state index contributed by atoms with van der Waals surface area (Å²) in [6.07, 6.45) is 0.822. The van der Waals surface area contributed by atoms with Crippen LogP contribution in [0.2, 0.25) is 5.02 Å². The molecule has 28 heavy (non-hydrogen) atoms. The van der Waals surface area contributed by atoms with Gasteiger partial charge in [0.2, 0.25) is 0 Å². The number of non-ortho nitro benzene ring substituents is 1. The Morgan fingerprint density at radius 3 is 2.43 bits per heavy atom. The van der Waals surface area contributed by atoms with Crippen molar-refractivity contribution < 1.29 is 24.0 Å². The fourth-order valence-electron chi connectivity index (χ4n) is 2.19. The summed E-state index contributed by atoms with van der Waals surface area (Å²) < 4.78 is 10.7. The topological polar surface area (TPSA) is 120 Å². The summed E-state index contributed by atoms with van der Waals surface area (Å²) >= 11 is 5.89. The van der Waals surface area contributed by atoms with Crippen molar-refractivity contribution in [1.82, 2.24) is 10.9 Å².